The molecule has 8 heteroatoms. The molecule has 3 nitrogen and oxygen atoms in total. The highest BCUT2D eigenvalue weighted by Gasteiger charge is 2.22. The zero-order valence-electron chi connectivity index (χ0n) is 39.8. The Balaban J connectivity index is 1.48. The number of rotatable bonds is 34. The largest absolute Gasteiger partial charge is 0.477 e. The number of hydrogen-bond donors (Lipinski definition) is 1. The number of thiophene rings is 5. The molecule has 0 spiro atoms. The molecule has 0 saturated heterocycles. The van der Waals surface area contributed by atoms with Gasteiger partial charge in [0.25, 0.3) is 0 Å². The van der Waals surface area contributed by atoms with Gasteiger partial charge in [0.2, 0.25) is 0 Å². The van der Waals surface area contributed by atoms with Crippen LogP contribution >= 0.6 is 56.7 Å². The molecule has 0 bridgehead atoms. The Morgan fingerprint density at radius 2 is 0.875 bits per heavy atom. The molecule has 0 aliphatic heterocycles. The molecule has 0 aromatic carbocycles. The molecule has 64 heavy (non-hydrogen) atoms. The second-order valence-electron chi connectivity index (χ2n) is 17.9. The first kappa shape index (κ1) is 52.2. The van der Waals surface area contributed by atoms with Crippen molar-refractivity contribution in [3.63, 3.8) is 0 Å². The molecule has 0 unspecified atom stereocenters. The summed E-state index contributed by atoms with van der Waals surface area (Å²) < 4.78 is 0. The number of nitrogens with zero attached hydrogens (tertiary/aromatic N) is 1. The van der Waals surface area contributed by atoms with E-state index in [1.54, 1.807) is 17.4 Å². The van der Waals surface area contributed by atoms with Crippen LogP contribution in [0.2, 0.25) is 0 Å². The minimum atomic E-state index is -1.17. The highest BCUT2D eigenvalue weighted by atomic mass is 32.1. The lowest BCUT2D eigenvalue weighted by Gasteiger charge is -2.04. The first-order valence-electron chi connectivity index (χ1n) is 25.3. The maximum absolute atomic E-state index is 11.9. The number of carboxylic acids is 1. The fraction of sp³-hybridized carbons (Fsp3) is 0.571. The summed E-state index contributed by atoms with van der Waals surface area (Å²) in [7, 11) is 0. The van der Waals surface area contributed by atoms with E-state index in [0.29, 0.717) is 0 Å². The Bertz CT molecular complexity index is 2160. The minimum absolute atomic E-state index is 0.207. The summed E-state index contributed by atoms with van der Waals surface area (Å²) in [4.78, 5) is 23.8. The smallest absolute Gasteiger partial charge is 0.346 e. The molecule has 1 N–H and O–H groups in total. The van der Waals surface area contributed by atoms with Gasteiger partial charge in [-0.2, -0.15) is 5.26 Å². The molecule has 5 aromatic heterocycles. The zero-order valence-corrected chi connectivity index (χ0v) is 43.8. The number of aliphatic carboxylic acids is 1. The van der Waals surface area contributed by atoms with Gasteiger partial charge in [0.05, 0.1) is 0 Å². The van der Waals surface area contributed by atoms with Gasteiger partial charge in [-0.1, -0.05) is 156 Å². The van der Waals surface area contributed by atoms with Crippen LogP contribution in [0.15, 0.2) is 47.4 Å². The van der Waals surface area contributed by atoms with Crippen molar-refractivity contribution in [3.05, 3.63) is 74.5 Å². The Morgan fingerprint density at radius 3 is 1.31 bits per heavy atom. The summed E-state index contributed by atoms with van der Waals surface area (Å²) in [5, 5.41) is 21.7. The number of hydrogen-bond acceptors (Lipinski definition) is 7. The summed E-state index contributed by atoms with van der Waals surface area (Å²) in [5.41, 5.74) is 5.59. The van der Waals surface area contributed by atoms with E-state index in [1.807, 2.05) is 51.4 Å². The van der Waals surface area contributed by atoms with Crippen LogP contribution in [0.5, 0.6) is 0 Å². The third kappa shape index (κ3) is 16.5. The maximum Gasteiger partial charge on any atom is 0.346 e. The van der Waals surface area contributed by atoms with E-state index in [2.05, 4.69) is 69.5 Å². The van der Waals surface area contributed by atoms with Gasteiger partial charge in [-0.3, -0.25) is 0 Å². The van der Waals surface area contributed by atoms with E-state index in [0.717, 1.165) is 30.6 Å². The highest BCUT2D eigenvalue weighted by molar-refractivity contribution is 7.30. The van der Waals surface area contributed by atoms with E-state index in [4.69, 9.17) is 0 Å². The molecule has 0 saturated carbocycles. The standard InChI is InChI=1S/C56H77NO2S5/c1-5-9-13-17-21-25-29-42-35-36-60-52(42)50-39-44(31-27-23-19-15-11-7-3)53(63-50)48-33-34-49(62-48)54-45(32-28-24-20-16-12-8-4)40-51(64-54)55-43(30-26-22-18-14-10-6-2)37-47(61-55)38-46(41-57)56(58)59/h33-40H,5-32H2,1-4H3,(H,58,59)/b46-38+. The monoisotopic (exact) mass is 955 g/mol. The van der Waals surface area contributed by atoms with Gasteiger partial charge in [-0.15, -0.1) is 56.7 Å². The normalized spacial score (nSPS) is 11.8. The van der Waals surface area contributed by atoms with Crippen molar-refractivity contribution in [2.75, 3.05) is 0 Å². The van der Waals surface area contributed by atoms with Crippen LogP contribution in [0.4, 0.5) is 0 Å². The minimum Gasteiger partial charge on any atom is -0.477 e. The Hall–Kier alpha value is -2.80. The second kappa shape index (κ2) is 29.8. The summed E-state index contributed by atoms with van der Waals surface area (Å²) >= 11 is 9.52. The Labute approximate surface area is 408 Å². The van der Waals surface area contributed by atoms with Gasteiger partial charge in [0, 0.05) is 43.9 Å². The van der Waals surface area contributed by atoms with Crippen molar-refractivity contribution >= 4 is 68.7 Å². The quantitative estimate of drug-likeness (QED) is 0.0254. The third-order valence-corrected chi connectivity index (χ3v) is 18.8. The van der Waals surface area contributed by atoms with Gasteiger partial charge >= 0.3 is 5.97 Å². The molecule has 0 aliphatic carbocycles. The van der Waals surface area contributed by atoms with Gasteiger partial charge in [-0.05, 0) is 121 Å². The Morgan fingerprint density at radius 1 is 0.484 bits per heavy atom. The predicted molar refractivity (Wildman–Crippen MR) is 287 cm³/mol. The topological polar surface area (TPSA) is 61.1 Å². The van der Waals surface area contributed by atoms with Crippen molar-refractivity contribution in [3.8, 4) is 45.1 Å². The molecule has 0 aliphatic rings. The molecule has 5 rings (SSSR count). The summed E-state index contributed by atoms with van der Waals surface area (Å²) in [6.45, 7) is 9.15. The van der Waals surface area contributed by atoms with Crippen molar-refractivity contribution < 1.29 is 9.90 Å². The van der Waals surface area contributed by atoms with Crippen LogP contribution in [0.1, 0.15) is 209 Å². The van der Waals surface area contributed by atoms with Crippen LogP contribution in [-0.2, 0) is 30.5 Å². The first-order valence-corrected chi connectivity index (χ1v) is 29.5. The lowest BCUT2D eigenvalue weighted by atomic mass is 10.0. The lowest BCUT2D eigenvalue weighted by molar-refractivity contribution is -0.132. The van der Waals surface area contributed by atoms with Gasteiger partial charge in [0.1, 0.15) is 11.6 Å². The molecule has 0 fully saturated rings. The van der Waals surface area contributed by atoms with E-state index < -0.39 is 5.97 Å². The molecule has 0 amide bonds. The van der Waals surface area contributed by atoms with Crippen molar-refractivity contribution in [1.29, 1.82) is 5.26 Å². The summed E-state index contributed by atoms with van der Waals surface area (Å²) in [5.74, 6) is -1.17. The van der Waals surface area contributed by atoms with Gasteiger partial charge in [0.15, 0.2) is 0 Å². The number of nitriles is 1. The number of carboxylic acid groups (broad SMARTS) is 1. The molecular weight excluding hydrogens is 879 g/mol. The summed E-state index contributed by atoms with van der Waals surface area (Å²) in [6, 6.07) is 16.3. The predicted octanol–water partition coefficient (Wildman–Crippen LogP) is 20.3. The molecule has 348 valence electrons. The second-order valence-corrected chi connectivity index (χ2v) is 23.1. The molecule has 0 radical (unpaired) electrons. The van der Waals surface area contributed by atoms with Crippen LogP contribution in [0.3, 0.4) is 0 Å². The van der Waals surface area contributed by atoms with Gasteiger partial charge < -0.3 is 5.11 Å². The Kier molecular flexibility index (Phi) is 24.3. The van der Waals surface area contributed by atoms with Crippen LogP contribution < -0.4 is 0 Å². The number of unbranched alkanes of at least 4 members (excludes halogenated alkanes) is 20. The SMILES string of the molecule is CCCCCCCCc1ccsc1-c1cc(CCCCCCCC)c(-c2ccc(-c3sc(-c4sc(/C=C(\C#N)C(=O)O)cc4CCCCCCCC)cc3CCCCCCCC)s2)s1. The van der Waals surface area contributed by atoms with Crippen molar-refractivity contribution in [1.82, 2.24) is 0 Å². The molecule has 0 atom stereocenters. The fourth-order valence-electron chi connectivity index (χ4n) is 8.78. The third-order valence-electron chi connectivity index (χ3n) is 12.5. The van der Waals surface area contributed by atoms with Crippen LogP contribution in [0.25, 0.3) is 45.1 Å². The number of carbonyl (C=O) groups is 1. The molecule has 5 aromatic rings. The van der Waals surface area contributed by atoms with E-state index >= 15 is 0 Å². The van der Waals surface area contributed by atoms with Gasteiger partial charge in [-0.25, -0.2) is 4.79 Å². The van der Waals surface area contributed by atoms with Crippen LogP contribution in [0, 0.1) is 11.3 Å². The lowest BCUT2D eigenvalue weighted by Crippen LogP contribution is -1.96. The zero-order chi connectivity index (χ0) is 45.4. The highest BCUT2D eigenvalue weighted by Crippen LogP contribution is 2.49. The van der Waals surface area contributed by atoms with E-state index in [1.165, 1.54) is 215 Å². The van der Waals surface area contributed by atoms with Crippen LogP contribution in [-0.4, -0.2) is 11.1 Å². The number of aryl methyl sites for hydroxylation is 4. The van der Waals surface area contributed by atoms with Crippen molar-refractivity contribution in [2.45, 2.75) is 207 Å². The average molecular weight is 957 g/mol. The maximum atomic E-state index is 11.9. The van der Waals surface area contributed by atoms with E-state index in [-0.39, 0.29) is 5.57 Å². The van der Waals surface area contributed by atoms with E-state index in [9.17, 15) is 15.2 Å². The summed E-state index contributed by atoms with van der Waals surface area (Å²) in [6.07, 6.45) is 36.8. The van der Waals surface area contributed by atoms with Crippen molar-refractivity contribution in [2.24, 2.45) is 0 Å². The fourth-order valence-corrected chi connectivity index (χ4v) is 14.9. The first-order chi connectivity index (χ1) is 31.4. The molecular formula is C56H77NO2S5. The molecule has 5 heterocycles. The average Bonchev–Trinajstić information content (AvgIpc) is 4.15.